The summed E-state index contributed by atoms with van der Waals surface area (Å²) in [6.07, 6.45) is 0.232. The van der Waals surface area contributed by atoms with E-state index in [4.69, 9.17) is 11.6 Å². The Labute approximate surface area is 159 Å². The van der Waals surface area contributed by atoms with Crippen molar-refractivity contribution in [3.8, 4) is 0 Å². The molecule has 0 unspecified atom stereocenters. The van der Waals surface area contributed by atoms with Crippen molar-refractivity contribution in [2.45, 2.75) is 13.0 Å². The smallest absolute Gasteiger partial charge is 0.231 e. The molecule has 1 saturated heterocycles. The summed E-state index contributed by atoms with van der Waals surface area (Å²) in [6.45, 7) is 0.958. The number of anilines is 1. The van der Waals surface area contributed by atoms with E-state index in [9.17, 15) is 9.59 Å². The van der Waals surface area contributed by atoms with E-state index in [1.165, 1.54) is 11.3 Å². The van der Waals surface area contributed by atoms with Crippen LogP contribution in [0.15, 0.2) is 48.5 Å². The summed E-state index contributed by atoms with van der Waals surface area (Å²) in [5.74, 6) is -0.522. The number of hydrogen-bond acceptors (Lipinski definition) is 4. The van der Waals surface area contributed by atoms with Crippen molar-refractivity contribution in [3.05, 3.63) is 59.1 Å². The minimum Gasteiger partial charge on any atom is -0.338 e. The van der Waals surface area contributed by atoms with Crippen LogP contribution in [0, 0.1) is 5.92 Å². The maximum atomic E-state index is 12.6. The van der Waals surface area contributed by atoms with Crippen LogP contribution in [0.2, 0.25) is 5.02 Å². The van der Waals surface area contributed by atoms with Crippen LogP contribution in [0.5, 0.6) is 0 Å². The first-order chi connectivity index (χ1) is 12.6. The molecule has 1 aliphatic rings. The molecular formula is C19H16ClN3O2S. The first-order valence-corrected chi connectivity index (χ1v) is 9.46. The highest BCUT2D eigenvalue weighted by Gasteiger charge is 2.34. The molecule has 26 heavy (non-hydrogen) atoms. The molecule has 2 aromatic carbocycles. The van der Waals surface area contributed by atoms with Crippen LogP contribution in [0.25, 0.3) is 10.2 Å². The number of thiazole rings is 1. The summed E-state index contributed by atoms with van der Waals surface area (Å²) in [4.78, 5) is 30.9. The summed E-state index contributed by atoms with van der Waals surface area (Å²) >= 11 is 7.36. The third-order valence-electron chi connectivity index (χ3n) is 4.38. The number of nitrogens with zero attached hydrogens (tertiary/aromatic N) is 2. The fraction of sp³-hybridized carbons (Fsp3) is 0.211. The van der Waals surface area contributed by atoms with Crippen LogP contribution in [-0.2, 0) is 16.1 Å². The SMILES string of the molecule is O=C(Nc1nc2ccc(Cl)cc2s1)[C@@H]1CC(=O)N(Cc2ccccc2)C1. The molecule has 3 aromatic rings. The Morgan fingerprint density at radius 2 is 2.08 bits per heavy atom. The highest BCUT2D eigenvalue weighted by atomic mass is 35.5. The van der Waals surface area contributed by atoms with E-state index in [1.807, 2.05) is 42.5 Å². The highest BCUT2D eigenvalue weighted by molar-refractivity contribution is 7.22. The number of carbonyl (C=O) groups is 2. The van der Waals surface area contributed by atoms with Gasteiger partial charge in [0.1, 0.15) is 0 Å². The van der Waals surface area contributed by atoms with Gasteiger partial charge in [-0.1, -0.05) is 53.3 Å². The summed E-state index contributed by atoms with van der Waals surface area (Å²) < 4.78 is 0.918. The maximum absolute atomic E-state index is 12.6. The first-order valence-electron chi connectivity index (χ1n) is 8.27. The minimum atomic E-state index is -0.359. The number of aromatic nitrogens is 1. The molecule has 1 aliphatic heterocycles. The fourth-order valence-corrected chi connectivity index (χ4v) is 4.21. The van der Waals surface area contributed by atoms with Crippen molar-refractivity contribution >= 4 is 50.1 Å². The van der Waals surface area contributed by atoms with E-state index in [0.717, 1.165) is 15.8 Å². The van der Waals surface area contributed by atoms with E-state index < -0.39 is 0 Å². The number of hydrogen-bond donors (Lipinski definition) is 1. The van der Waals surface area contributed by atoms with Gasteiger partial charge in [0.25, 0.3) is 0 Å². The van der Waals surface area contributed by atoms with Crippen LogP contribution in [0.3, 0.4) is 0 Å². The molecule has 0 saturated carbocycles. The van der Waals surface area contributed by atoms with Crippen LogP contribution in [0.1, 0.15) is 12.0 Å². The predicted molar refractivity (Wildman–Crippen MR) is 103 cm³/mol. The van der Waals surface area contributed by atoms with Crippen LogP contribution >= 0.6 is 22.9 Å². The van der Waals surface area contributed by atoms with Gasteiger partial charge < -0.3 is 10.2 Å². The Morgan fingerprint density at radius 1 is 1.27 bits per heavy atom. The van der Waals surface area contributed by atoms with Gasteiger partial charge in [-0.3, -0.25) is 9.59 Å². The van der Waals surface area contributed by atoms with E-state index >= 15 is 0 Å². The van der Waals surface area contributed by atoms with Crippen molar-refractivity contribution in [2.24, 2.45) is 5.92 Å². The van der Waals surface area contributed by atoms with Crippen molar-refractivity contribution in [1.29, 1.82) is 0 Å². The number of amides is 2. The van der Waals surface area contributed by atoms with Gasteiger partial charge in [-0.25, -0.2) is 4.98 Å². The van der Waals surface area contributed by atoms with E-state index in [1.54, 1.807) is 11.0 Å². The Kier molecular flexibility index (Phi) is 4.61. The molecule has 2 heterocycles. The average Bonchev–Trinajstić information content (AvgIpc) is 3.18. The van der Waals surface area contributed by atoms with E-state index in [-0.39, 0.29) is 24.2 Å². The number of carbonyl (C=O) groups excluding carboxylic acids is 2. The standard InChI is InChI=1S/C19H16ClN3O2S/c20-14-6-7-15-16(9-14)26-19(21-15)22-18(25)13-8-17(24)23(11-13)10-12-4-2-1-3-5-12/h1-7,9,13H,8,10-11H2,(H,21,22,25)/t13-/m1/s1. The molecule has 132 valence electrons. The number of fused-ring (bicyclic) bond motifs is 1. The molecular weight excluding hydrogens is 370 g/mol. The second-order valence-electron chi connectivity index (χ2n) is 6.28. The Balaban J connectivity index is 1.42. The molecule has 4 rings (SSSR count). The normalized spacial score (nSPS) is 17.0. The largest absolute Gasteiger partial charge is 0.338 e. The Hall–Kier alpha value is -2.44. The third-order valence-corrected chi connectivity index (χ3v) is 5.55. The lowest BCUT2D eigenvalue weighted by atomic mass is 10.1. The average molecular weight is 386 g/mol. The molecule has 1 atom stereocenters. The second kappa shape index (κ2) is 7.05. The zero-order chi connectivity index (χ0) is 18.1. The van der Waals surface area contributed by atoms with Gasteiger partial charge in [-0.05, 0) is 23.8 Å². The van der Waals surface area contributed by atoms with E-state index in [2.05, 4.69) is 10.3 Å². The monoisotopic (exact) mass is 385 g/mol. The van der Waals surface area contributed by atoms with Gasteiger partial charge in [0.05, 0.1) is 16.1 Å². The lowest BCUT2D eigenvalue weighted by Gasteiger charge is -2.16. The lowest BCUT2D eigenvalue weighted by Crippen LogP contribution is -2.28. The Morgan fingerprint density at radius 3 is 2.88 bits per heavy atom. The van der Waals surface area contributed by atoms with Crippen LogP contribution in [-0.4, -0.2) is 28.2 Å². The summed E-state index contributed by atoms with van der Waals surface area (Å²) in [5, 5.41) is 4.01. The topological polar surface area (TPSA) is 62.3 Å². The van der Waals surface area contributed by atoms with Crippen LogP contribution < -0.4 is 5.32 Å². The highest BCUT2D eigenvalue weighted by Crippen LogP contribution is 2.29. The molecule has 0 spiro atoms. The van der Waals surface area contributed by atoms with Crippen molar-refractivity contribution in [1.82, 2.24) is 9.88 Å². The van der Waals surface area contributed by atoms with E-state index in [0.29, 0.717) is 23.2 Å². The van der Waals surface area contributed by atoms with Crippen molar-refractivity contribution in [3.63, 3.8) is 0 Å². The number of benzene rings is 2. The zero-order valence-corrected chi connectivity index (χ0v) is 15.4. The predicted octanol–water partition coefficient (Wildman–Crippen LogP) is 3.94. The fourth-order valence-electron chi connectivity index (χ4n) is 3.06. The van der Waals surface area contributed by atoms with Crippen molar-refractivity contribution < 1.29 is 9.59 Å². The molecule has 1 N–H and O–H groups in total. The molecule has 1 aromatic heterocycles. The molecule has 1 fully saturated rings. The number of rotatable bonds is 4. The van der Waals surface area contributed by atoms with Gasteiger partial charge in [0.2, 0.25) is 11.8 Å². The molecule has 0 aliphatic carbocycles. The number of halogens is 1. The minimum absolute atomic E-state index is 0.00471. The summed E-state index contributed by atoms with van der Waals surface area (Å²) in [6, 6.07) is 15.2. The quantitative estimate of drug-likeness (QED) is 0.740. The zero-order valence-electron chi connectivity index (χ0n) is 13.8. The molecule has 5 nitrogen and oxygen atoms in total. The maximum Gasteiger partial charge on any atom is 0.231 e. The Bertz CT molecular complexity index is 973. The van der Waals surface area contributed by atoms with Gasteiger partial charge in [-0.15, -0.1) is 0 Å². The molecule has 7 heteroatoms. The third kappa shape index (κ3) is 3.57. The van der Waals surface area contributed by atoms with Gasteiger partial charge in [0.15, 0.2) is 5.13 Å². The van der Waals surface area contributed by atoms with Gasteiger partial charge >= 0.3 is 0 Å². The molecule has 0 radical (unpaired) electrons. The molecule has 0 bridgehead atoms. The number of nitrogens with one attached hydrogen (secondary N) is 1. The van der Waals surface area contributed by atoms with Gasteiger partial charge in [0, 0.05) is 24.5 Å². The number of likely N-dealkylation sites (tertiary alicyclic amines) is 1. The van der Waals surface area contributed by atoms with Crippen molar-refractivity contribution in [2.75, 3.05) is 11.9 Å². The summed E-state index contributed by atoms with van der Waals surface area (Å²) in [5.41, 5.74) is 1.85. The lowest BCUT2D eigenvalue weighted by molar-refractivity contribution is -0.128. The molecule has 2 amide bonds. The first kappa shape index (κ1) is 17.0. The second-order valence-corrected chi connectivity index (χ2v) is 7.75. The van der Waals surface area contributed by atoms with Crippen LogP contribution in [0.4, 0.5) is 5.13 Å². The van der Waals surface area contributed by atoms with Gasteiger partial charge in [-0.2, -0.15) is 0 Å². The summed E-state index contributed by atoms with van der Waals surface area (Å²) in [7, 11) is 0.